The van der Waals surface area contributed by atoms with Crippen molar-refractivity contribution in [2.24, 2.45) is 0 Å². The molecule has 1 radical (unpaired) electrons. The van der Waals surface area contributed by atoms with Gasteiger partial charge in [-0.2, -0.15) is 0 Å². The van der Waals surface area contributed by atoms with Gasteiger partial charge in [0.2, 0.25) is 0 Å². The average molecular weight is 167 g/mol. The highest BCUT2D eigenvalue weighted by atomic mass is 31.1. The average Bonchev–Trinajstić information content (AvgIpc) is 2.06. The molecule has 0 aliphatic carbocycles. The van der Waals surface area contributed by atoms with Crippen LogP contribution in [0, 0.1) is 6.92 Å². The lowest BCUT2D eigenvalue weighted by atomic mass is 10.1. The summed E-state index contributed by atoms with van der Waals surface area (Å²) in [7, 11) is -0.385. The van der Waals surface area contributed by atoms with E-state index < -0.39 is 5.34 Å². The predicted molar refractivity (Wildman–Crippen MR) is 43.3 cm³/mol. The summed E-state index contributed by atoms with van der Waals surface area (Å²) in [5, 5.41) is 7.86. The summed E-state index contributed by atoms with van der Waals surface area (Å²) in [5.74, 6) is 0. The van der Waals surface area contributed by atoms with Crippen molar-refractivity contribution >= 4 is 8.46 Å². The molecule has 0 spiro atoms. The molecule has 0 heterocycles. The summed E-state index contributed by atoms with van der Waals surface area (Å²) in [6, 6.07) is 8.70. The van der Waals surface area contributed by atoms with Crippen molar-refractivity contribution in [1.29, 1.82) is 0 Å². The quantitative estimate of drug-likeness (QED) is 0.683. The molecule has 0 aromatic heterocycles. The first kappa shape index (κ1) is 8.38. The highest BCUT2D eigenvalue weighted by Gasteiger charge is 2.22. The molecule has 11 heavy (non-hydrogen) atoms. The standard InChI is InChI=1S/C8H8O2P/c1-8(9,11-10)7-5-3-2-4-6-7/h2-6,9H,1H2. The van der Waals surface area contributed by atoms with Crippen LogP contribution >= 0.6 is 8.46 Å². The second-order valence-electron chi connectivity index (χ2n) is 2.27. The van der Waals surface area contributed by atoms with Gasteiger partial charge in [0.1, 0.15) is 0 Å². The van der Waals surface area contributed by atoms with E-state index in [0.717, 1.165) is 0 Å². The fraction of sp³-hybridized carbons (Fsp3) is 0.125. The van der Waals surface area contributed by atoms with Gasteiger partial charge in [0, 0.05) is 0 Å². The molecule has 1 N–H and O–H groups in total. The van der Waals surface area contributed by atoms with E-state index in [0.29, 0.717) is 5.56 Å². The van der Waals surface area contributed by atoms with Gasteiger partial charge in [-0.3, -0.25) is 4.57 Å². The Hall–Kier alpha value is -0.720. The van der Waals surface area contributed by atoms with Crippen LogP contribution in [0.4, 0.5) is 0 Å². The molecule has 1 aromatic carbocycles. The van der Waals surface area contributed by atoms with E-state index in [9.17, 15) is 9.67 Å². The molecule has 0 fully saturated rings. The Balaban J connectivity index is 3.02. The van der Waals surface area contributed by atoms with Crippen LogP contribution in [-0.2, 0) is 9.91 Å². The Labute approximate surface area is 67.1 Å². The zero-order valence-corrected chi connectivity index (χ0v) is 6.79. The topological polar surface area (TPSA) is 37.3 Å². The van der Waals surface area contributed by atoms with E-state index in [1.807, 2.05) is 6.07 Å². The van der Waals surface area contributed by atoms with Gasteiger partial charge < -0.3 is 5.11 Å². The van der Waals surface area contributed by atoms with Crippen LogP contribution < -0.4 is 0 Å². The van der Waals surface area contributed by atoms with Crippen molar-refractivity contribution in [1.82, 2.24) is 0 Å². The zero-order chi connectivity index (χ0) is 8.32. The van der Waals surface area contributed by atoms with Crippen LogP contribution in [0.1, 0.15) is 5.56 Å². The molecule has 0 aliphatic heterocycles. The van der Waals surface area contributed by atoms with E-state index in [1.54, 1.807) is 24.3 Å². The first-order valence-corrected chi connectivity index (χ1v) is 3.96. The van der Waals surface area contributed by atoms with Crippen LogP contribution in [0.15, 0.2) is 30.3 Å². The Bertz CT molecular complexity index is 244. The van der Waals surface area contributed by atoms with Crippen LogP contribution in [0.2, 0.25) is 0 Å². The fourth-order valence-corrected chi connectivity index (χ4v) is 1.01. The largest absolute Gasteiger partial charge is 0.373 e. The Morgan fingerprint density at radius 1 is 1.36 bits per heavy atom. The van der Waals surface area contributed by atoms with E-state index in [-0.39, 0.29) is 8.46 Å². The maximum absolute atomic E-state index is 10.4. The van der Waals surface area contributed by atoms with Gasteiger partial charge in [-0.15, -0.1) is 0 Å². The zero-order valence-electron chi connectivity index (χ0n) is 5.90. The van der Waals surface area contributed by atoms with Gasteiger partial charge in [0.05, 0.1) is 0 Å². The van der Waals surface area contributed by atoms with E-state index in [1.165, 1.54) is 0 Å². The molecular weight excluding hydrogens is 159 g/mol. The fourth-order valence-electron chi connectivity index (χ4n) is 0.758. The molecular formula is C8H8O2P. The van der Waals surface area contributed by atoms with Gasteiger partial charge in [0.25, 0.3) is 0 Å². The minimum absolute atomic E-state index is 0.385. The molecule has 0 bridgehead atoms. The van der Waals surface area contributed by atoms with Gasteiger partial charge >= 0.3 is 0 Å². The third-order valence-corrected chi connectivity index (χ3v) is 1.95. The van der Waals surface area contributed by atoms with Crippen molar-refractivity contribution in [3.8, 4) is 0 Å². The summed E-state index contributed by atoms with van der Waals surface area (Å²) in [6.07, 6.45) is 0. The van der Waals surface area contributed by atoms with E-state index in [2.05, 4.69) is 6.92 Å². The lowest BCUT2D eigenvalue weighted by Gasteiger charge is -2.13. The summed E-state index contributed by atoms with van der Waals surface area (Å²) in [5.41, 5.74) is 0.552. The summed E-state index contributed by atoms with van der Waals surface area (Å²) >= 11 is 0. The van der Waals surface area contributed by atoms with Crippen molar-refractivity contribution in [2.45, 2.75) is 5.34 Å². The van der Waals surface area contributed by atoms with Crippen molar-refractivity contribution in [3.63, 3.8) is 0 Å². The first-order valence-electron chi connectivity index (χ1n) is 3.14. The molecule has 0 aliphatic rings. The number of aliphatic hydroxyl groups is 1. The molecule has 1 rings (SSSR count). The van der Waals surface area contributed by atoms with Crippen molar-refractivity contribution in [2.75, 3.05) is 0 Å². The number of rotatable bonds is 2. The third-order valence-electron chi connectivity index (χ3n) is 1.39. The van der Waals surface area contributed by atoms with E-state index in [4.69, 9.17) is 0 Å². The number of hydrogen-bond donors (Lipinski definition) is 1. The summed E-state index contributed by atoms with van der Waals surface area (Å²) < 4.78 is 10.4. The van der Waals surface area contributed by atoms with E-state index >= 15 is 0 Å². The molecule has 1 atom stereocenters. The Morgan fingerprint density at radius 3 is 2.36 bits per heavy atom. The predicted octanol–water partition coefficient (Wildman–Crippen LogP) is 1.96. The Kier molecular flexibility index (Phi) is 2.38. The van der Waals surface area contributed by atoms with Crippen LogP contribution in [-0.4, -0.2) is 5.11 Å². The molecule has 57 valence electrons. The van der Waals surface area contributed by atoms with Gasteiger partial charge in [0.15, 0.2) is 13.8 Å². The minimum atomic E-state index is -1.50. The van der Waals surface area contributed by atoms with Gasteiger partial charge in [-0.1, -0.05) is 30.3 Å². The maximum atomic E-state index is 10.4. The Morgan fingerprint density at radius 2 is 1.91 bits per heavy atom. The SMILES string of the molecule is [CH2]C(O)(P=O)c1ccccc1. The van der Waals surface area contributed by atoms with Gasteiger partial charge in [-0.25, -0.2) is 0 Å². The normalized spacial score (nSPS) is 16.2. The first-order chi connectivity index (χ1) is 5.17. The molecule has 0 saturated heterocycles. The molecule has 3 heteroatoms. The van der Waals surface area contributed by atoms with Gasteiger partial charge in [-0.05, 0) is 12.5 Å². The van der Waals surface area contributed by atoms with Crippen LogP contribution in [0.25, 0.3) is 0 Å². The maximum Gasteiger partial charge on any atom is 0.195 e. The lowest BCUT2D eigenvalue weighted by Crippen LogP contribution is -2.11. The minimum Gasteiger partial charge on any atom is -0.373 e. The molecule has 1 unspecified atom stereocenters. The number of hydrogen-bond acceptors (Lipinski definition) is 2. The second-order valence-corrected chi connectivity index (χ2v) is 3.20. The molecule has 0 amide bonds. The summed E-state index contributed by atoms with van der Waals surface area (Å²) in [4.78, 5) is 0. The van der Waals surface area contributed by atoms with Crippen LogP contribution in [0.3, 0.4) is 0 Å². The third kappa shape index (κ3) is 1.86. The second kappa shape index (κ2) is 3.12. The highest BCUT2D eigenvalue weighted by molar-refractivity contribution is 7.25. The van der Waals surface area contributed by atoms with Crippen molar-refractivity contribution in [3.05, 3.63) is 42.8 Å². The highest BCUT2D eigenvalue weighted by Crippen LogP contribution is 2.30. The lowest BCUT2D eigenvalue weighted by molar-refractivity contribution is 0.179. The molecule has 1 aromatic rings. The van der Waals surface area contributed by atoms with Crippen LogP contribution in [0.5, 0.6) is 0 Å². The molecule has 2 nitrogen and oxygen atoms in total. The monoisotopic (exact) mass is 167 g/mol. The smallest absolute Gasteiger partial charge is 0.195 e. The number of benzene rings is 1. The van der Waals surface area contributed by atoms with Crippen molar-refractivity contribution < 1.29 is 9.67 Å². The molecule has 0 saturated carbocycles. The summed E-state index contributed by atoms with van der Waals surface area (Å²) in [6.45, 7) is 3.39.